The molecule has 1 aliphatic carbocycles. The van der Waals surface area contributed by atoms with Crippen molar-refractivity contribution in [2.75, 3.05) is 0 Å². The summed E-state index contributed by atoms with van der Waals surface area (Å²) in [6.45, 7) is 6.60. The number of hydrogen-bond donors (Lipinski definition) is 0. The molecule has 0 unspecified atom stereocenters. The largest absolute Gasteiger partial charge is 0.198 e. The molecule has 0 atom stereocenters. The Morgan fingerprint density at radius 3 is 2.53 bits per heavy atom. The van der Waals surface area contributed by atoms with Gasteiger partial charge in [0.1, 0.15) is 0 Å². The van der Waals surface area contributed by atoms with Gasteiger partial charge in [0.15, 0.2) is 0 Å². The summed E-state index contributed by atoms with van der Waals surface area (Å²) in [6.07, 6.45) is 4.32. The Hall–Kier alpha value is -1.29. The highest BCUT2D eigenvalue weighted by molar-refractivity contribution is 5.34. The average molecular weight is 227 g/mol. The van der Waals surface area contributed by atoms with E-state index in [2.05, 4.69) is 45.0 Å². The van der Waals surface area contributed by atoms with Gasteiger partial charge in [0.25, 0.3) is 0 Å². The van der Waals surface area contributed by atoms with Gasteiger partial charge in [0.2, 0.25) is 0 Å². The number of benzene rings is 1. The summed E-state index contributed by atoms with van der Waals surface area (Å²) >= 11 is 0. The van der Waals surface area contributed by atoms with E-state index in [1.54, 1.807) is 0 Å². The highest BCUT2D eigenvalue weighted by Crippen LogP contribution is 2.43. The summed E-state index contributed by atoms with van der Waals surface area (Å²) < 4.78 is 0. The Balaban J connectivity index is 2.26. The summed E-state index contributed by atoms with van der Waals surface area (Å²) in [4.78, 5) is 0. The zero-order chi connectivity index (χ0) is 12.5. The molecule has 2 rings (SSSR count). The summed E-state index contributed by atoms with van der Waals surface area (Å²) in [5.41, 5.74) is 4.03. The zero-order valence-corrected chi connectivity index (χ0v) is 11.1. The first-order chi connectivity index (χ1) is 8.06. The summed E-state index contributed by atoms with van der Waals surface area (Å²) in [5, 5.41) is 9.32. The van der Waals surface area contributed by atoms with Crippen molar-refractivity contribution in [1.82, 2.24) is 0 Å². The number of aryl methyl sites for hydroxylation is 1. The number of hydrogen-bond acceptors (Lipinski definition) is 1. The van der Waals surface area contributed by atoms with E-state index < -0.39 is 0 Å². The molecule has 0 spiro atoms. The Morgan fingerprint density at radius 2 is 2.06 bits per heavy atom. The molecule has 0 N–H and O–H groups in total. The quantitative estimate of drug-likeness (QED) is 0.753. The zero-order valence-electron chi connectivity index (χ0n) is 11.1. The minimum absolute atomic E-state index is 0.0552. The van der Waals surface area contributed by atoms with Crippen molar-refractivity contribution in [1.29, 1.82) is 5.26 Å². The molecule has 1 heteroatoms. The minimum atomic E-state index is -0.0552. The number of nitriles is 1. The van der Waals surface area contributed by atoms with E-state index >= 15 is 0 Å². The molecular formula is C16H21N. The molecule has 1 saturated carbocycles. The lowest BCUT2D eigenvalue weighted by atomic mass is 9.66. The first-order valence-corrected chi connectivity index (χ1v) is 6.57. The van der Waals surface area contributed by atoms with Crippen molar-refractivity contribution in [2.45, 2.75) is 52.4 Å². The second kappa shape index (κ2) is 4.53. The molecule has 0 radical (unpaired) electrons. The first kappa shape index (κ1) is 12.2. The number of nitrogens with zero attached hydrogens (tertiary/aromatic N) is 1. The molecule has 0 aromatic heterocycles. The predicted octanol–water partition coefficient (Wildman–Crippen LogP) is 4.35. The third-order valence-corrected chi connectivity index (χ3v) is 4.12. The van der Waals surface area contributed by atoms with Gasteiger partial charge in [-0.05, 0) is 48.8 Å². The third-order valence-electron chi connectivity index (χ3n) is 4.12. The van der Waals surface area contributed by atoms with Crippen molar-refractivity contribution in [3.63, 3.8) is 0 Å². The maximum atomic E-state index is 9.32. The van der Waals surface area contributed by atoms with Crippen molar-refractivity contribution in [2.24, 2.45) is 5.41 Å². The fourth-order valence-electron chi connectivity index (χ4n) is 2.54. The highest BCUT2D eigenvalue weighted by Gasteiger charge is 2.37. The van der Waals surface area contributed by atoms with Gasteiger partial charge in [-0.25, -0.2) is 0 Å². The van der Waals surface area contributed by atoms with E-state index in [4.69, 9.17) is 0 Å². The Labute approximate surface area is 104 Å². The van der Waals surface area contributed by atoms with Crippen LogP contribution in [-0.2, 0) is 6.42 Å². The van der Waals surface area contributed by atoms with Crippen LogP contribution in [0.1, 0.15) is 55.7 Å². The van der Waals surface area contributed by atoms with Crippen molar-refractivity contribution < 1.29 is 0 Å². The van der Waals surface area contributed by atoms with E-state index in [1.807, 2.05) is 0 Å². The molecule has 0 saturated heterocycles. The van der Waals surface area contributed by atoms with Crippen LogP contribution in [-0.4, -0.2) is 0 Å². The van der Waals surface area contributed by atoms with Crippen LogP contribution in [0.3, 0.4) is 0 Å². The van der Waals surface area contributed by atoms with Gasteiger partial charge in [-0.3, -0.25) is 0 Å². The first-order valence-electron chi connectivity index (χ1n) is 6.57. The number of rotatable bonds is 3. The smallest absolute Gasteiger partial charge is 0.0693 e. The fraction of sp³-hybridized carbons (Fsp3) is 0.562. The van der Waals surface area contributed by atoms with Crippen LogP contribution in [0.4, 0.5) is 0 Å². The SMILES string of the molecule is Cc1ccc(C(C)C)cc1CC1(C#N)CCC1. The molecule has 1 fully saturated rings. The van der Waals surface area contributed by atoms with E-state index in [9.17, 15) is 5.26 Å². The molecule has 1 aliphatic rings. The maximum absolute atomic E-state index is 9.32. The Morgan fingerprint density at radius 1 is 1.35 bits per heavy atom. The maximum Gasteiger partial charge on any atom is 0.0693 e. The molecule has 0 heterocycles. The lowest BCUT2D eigenvalue weighted by Crippen LogP contribution is -2.30. The molecule has 0 aliphatic heterocycles. The van der Waals surface area contributed by atoms with Gasteiger partial charge < -0.3 is 0 Å². The molecule has 1 aromatic rings. The van der Waals surface area contributed by atoms with Crippen LogP contribution < -0.4 is 0 Å². The summed E-state index contributed by atoms with van der Waals surface area (Å²) in [5.74, 6) is 0.564. The second-order valence-electron chi connectivity index (χ2n) is 5.76. The Bertz CT molecular complexity index is 447. The summed E-state index contributed by atoms with van der Waals surface area (Å²) in [7, 11) is 0. The van der Waals surface area contributed by atoms with Crippen molar-refractivity contribution >= 4 is 0 Å². The third kappa shape index (κ3) is 2.36. The lowest BCUT2D eigenvalue weighted by molar-refractivity contribution is 0.213. The van der Waals surface area contributed by atoms with E-state index in [0.717, 1.165) is 19.3 Å². The Kier molecular flexibility index (Phi) is 3.24. The molecule has 90 valence electrons. The normalized spacial score (nSPS) is 17.6. The molecular weight excluding hydrogens is 206 g/mol. The standard InChI is InChI=1S/C16H21N/c1-12(2)14-6-5-13(3)15(9-14)10-16(11-17)7-4-8-16/h5-6,9,12H,4,7-8,10H2,1-3H3. The molecule has 1 aromatic carbocycles. The van der Waals surface area contributed by atoms with E-state index in [1.165, 1.54) is 23.1 Å². The van der Waals surface area contributed by atoms with Gasteiger partial charge in [0.05, 0.1) is 11.5 Å². The molecule has 0 bridgehead atoms. The van der Waals surface area contributed by atoms with Crippen molar-refractivity contribution in [3.8, 4) is 6.07 Å². The van der Waals surface area contributed by atoms with E-state index in [-0.39, 0.29) is 5.41 Å². The van der Waals surface area contributed by atoms with Gasteiger partial charge in [-0.15, -0.1) is 0 Å². The predicted molar refractivity (Wildman–Crippen MR) is 70.9 cm³/mol. The van der Waals surface area contributed by atoms with Gasteiger partial charge in [-0.1, -0.05) is 38.5 Å². The molecule has 0 amide bonds. The van der Waals surface area contributed by atoms with E-state index in [0.29, 0.717) is 5.92 Å². The van der Waals surface area contributed by atoms with Gasteiger partial charge >= 0.3 is 0 Å². The van der Waals surface area contributed by atoms with Gasteiger partial charge in [0, 0.05) is 0 Å². The summed E-state index contributed by atoms with van der Waals surface area (Å²) in [6, 6.07) is 9.26. The van der Waals surface area contributed by atoms with Crippen LogP contribution in [0.15, 0.2) is 18.2 Å². The van der Waals surface area contributed by atoms with Crippen LogP contribution in [0.25, 0.3) is 0 Å². The average Bonchev–Trinajstić information content (AvgIpc) is 2.25. The van der Waals surface area contributed by atoms with Gasteiger partial charge in [-0.2, -0.15) is 5.26 Å². The van der Waals surface area contributed by atoms with Crippen LogP contribution in [0.5, 0.6) is 0 Å². The van der Waals surface area contributed by atoms with Crippen molar-refractivity contribution in [3.05, 3.63) is 34.9 Å². The second-order valence-corrected chi connectivity index (χ2v) is 5.76. The fourth-order valence-corrected chi connectivity index (χ4v) is 2.54. The lowest BCUT2D eigenvalue weighted by Gasteiger charge is -2.35. The minimum Gasteiger partial charge on any atom is -0.198 e. The van der Waals surface area contributed by atoms with Crippen LogP contribution in [0.2, 0.25) is 0 Å². The topological polar surface area (TPSA) is 23.8 Å². The van der Waals surface area contributed by atoms with Crippen LogP contribution in [0, 0.1) is 23.7 Å². The van der Waals surface area contributed by atoms with Crippen LogP contribution >= 0.6 is 0 Å². The molecule has 17 heavy (non-hydrogen) atoms. The monoisotopic (exact) mass is 227 g/mol. The molecule has 1 nitrogen and oxygen atoms in total. The highest BCUT2D eigenvalue weighted by atomic mass is 14.4.